The molecule has 4 aromatic carbocycles. The van der Waals surface area contributed by atoms with Crippen molar-refractivity contribution in [3.8, 4) is 0 Å². The summed E-state index contributed by atoms with van der Waals surface area (Å²) < 4.78 is 0. The number of nitrogens with zero attached hydrogens (tertiary/aromatic N) is 2. The van der Waals surface area contributed by atoms with Crippen LogP contribution in [0.5, 0.6) is 0 Å². The van der Waals surface area contributed by atoms with Gasteiger partial charge in [0.25, 0.3) is 0 Å². The molecule has 2 amide bonds. The number of rotatable bonds is 3. The van der Waals surface area contributed by atoms with Gasteiger partial charge < -0.3 is 0 Å². The van der Waals surface area contributed by atoms with Gasteiger partial charge in [-0.25, -0.2) is 4.90 Å². The highest BCUT2D eigenvalue weighted by Gasteiger charge is 2.67. The fraction of sp³-hybridized carbons (Fsp3) is 0.129. The standard InChI is InChI=1S/C31H22N2O2/c34-29-27-26-22-15-7-9-17-24(22)31(25-18-10-8-16-23(25)26,19-32-20-11-3-1-4-12-20)28(27)30(35)33(29)21-13-5-2-6-14-21/h1-19,26-28H/t26?,27-,28-,31?/m0/s1. The van der Waals surface area contributed by atoms with Gasteiger partial charge in [-0.15, -0.1) is 0 Å². The van der Waals surface area contributed by atoms with E-state index in [-0.39, 0.29) is 17.7 Å². The molecule has 168 valence electrons. The average Bonchev–Trinajstić information content (AvgIpc) is 3.19. The van der Waals surface area contributed by atoms with Crippen molar-refractivity contribution in [1.29, 1.82) is 0 Å². The number of amides is 2. The van der Waals surface area contributed by atoms with Crippen LogP contribution < -0.4 is 4.90 Å². The summed E-state index contributed by atoms with van der Waals surface area (Å²) in [5, 5.41) is 0. The fourth-order valence-corrected chi connectivity index (χ4v) is 6.57. The number of carbonyl (C=O) groups is 2. The first-order valence-electron chi connectivity index (χ1n) is 11.9. The zero-order valence-corrected chi connectivity index (χ0v) is 18.9. The molecule has 0 unspecified atom stereocenters. The number of benzene rings is 4. The maximum absolute atomic E-state index is 14.2. The maximum atomic E-state index is 14.2. The van der Waals surface area contributed by atoms with Crippen molar-refractivity contribution in [3.05, 3.63) is 131 Å². The van der Waals surface area contributed by atoms with Crippen LogP contribution in [0.1, 0.15) is 28.2 Å². The predicted molar refractivity (Wildman–Crippen MR) is 136 cm³/mol. The smallest absolute Gasteiger partial charge is 0.239 e. The maximum Gasteiger partial charge on any atom is 0.239 e. The average molecular weight is 455 g/mol. The molecular weight excluding hydrogens is 432 g/mol. The number of carbonyl (C=O) groups excluding carboxylic acids is 2. The van der Waals surface area contributed by atoms with Gasteiger partial charge in [-0.3, -0.25) is 14.6 Å². The van der Waals surface area contributed by atoms with Crippen LogP contribution in [0.3, 0.4) is 0 Å². The first-order chi connectivity index (χ1) is 17.2. The van der Waals surface area contributed by atoms with Crippen molar-refractivity contribution in [2.45, 2.75) is 11.3 Å². The molecule has 3 aliphatic carbocycles. The van der Waals surface area contributed by atoms with Crippen LogP contribution in [0.4, 0.5) is 11.4 Å². The lowest BCUT2D eigenvalue weighted by Crippen LogP contribution is -2.54. The van der Waals surface area contributed by atoms with Crippen LogP contribution in [0.15, 0.2) is 114 Å². The molecule has 1 heterocycles. The van der Waals surface area contributed by atoms with Crippen molar-refractivity contribution in [1.82, 2.24) is 0 Å². The molecule has 35 heavy (non-hydrogen) atoms. The number of hydrogen-bond donors (Lipinski definition) is 0. The van der Waals surface area contributed by atoms with Crippen molar-refractivity contribution in [3.63, 3.8) is 0 Å². The van der Waals surface area contributed by atoms with Crippen LogP contribution in [0, 0.1) is 11.8 Å². The Hall–Kier alpha value is -4.31. The van der Waals surface area contributed by atoms with Gasteiger partial charge in [0.2, 0.25) is 11.8 Å². The minimum absolute atomic E-state index is 0.127. The van der Waals surface area contributed by atoms with Gasteiger partial charge >= 0.3 is 0 Å². The lowest BCUT2D eigenvalue weighted by Gasteiger charge is -2.52. The Kier molecular flexibility index (Phi) is 4.22. The summed E-state index contributed by atoms with van der Waals surface area (Å²) in [5.74, 6) is -1.48. The van der Waals surface area contributed by atoms with E-state index in [9.17, 15) is 9.59 Å². The van der Waals surface area contributed by atoms with Crippen molar-refractivity contribution >= 4 is 29.4 Å². The summed E-state index contributed by atoms with van der Waals surface area (Å²) >= 11 is 0. The zero-order valence-electron chi connectivity index (χ0n) is 18.9. The van der Waals surface area contributed by atoms with E-state index in [2.05, 4.69) is 24.3 Å². The number of anilines is 1. The SMILES string of the molecule is O=C1[C@@H]2[C@@H](C(=O)N1c1ccccc1)C1c3ccccc3C2(C=Nc2ccccc2)c2ccccc21. The number of hydrogen-bond acceptors (Lipinski definition) is 3. The normalized spacial score (nSPS) is 26.1. The van der Waals surface area contributed by atoms with E-state index in [0.717, 1.165) is 27.9 Å². The molecule has 0 radical (unpaired) electrons. The molecule has 1 saturated heterocycles. The molecule has 2 atom stereocenters. The van der Waals surface area contributed by atoms with E-state index in [1.165, 1.54) is 4.90 Å². The second kappa shape index (κ2) is 7.34. The highest BCUT2D eigenvalue weighted by molar-refractivity contribution is 6.25. The summed E-state index contributed by atoms with van der Waals surface area (Å²) in [4.78, 5) is 34.6. The summed E-state index contributed by atoms with van der Waals surface area (Å²) in [7, 11) is 0. The summed E-state index contributed by atoms with van der Waals surface area (Å²) in [6, 6.07) is 35.6. The quantitative estimate of drug-likeness (QED) is 0.297. The predicted octanol–water partition coefficient (Wildman–Crippen LogP) is 5.64. The van der Waals surface area contributed by atoms with Crippen molar-refractivity contribution < 1.29 is 9.59 Å². The van der Waals surface area contributed by atoms with Crippen LogP contribution >= 0.6 is 0 Å². The van der Waals surface area contributed by atoms with Gasteiger partial charge in [-0.05, 0) is 46.5 Å². The van der Waals surface area contributed by atoms with Crippen LogP contribution in [0.2, 0.25) is 0 Å². The molecule has 0 saturated carbocycles. The van der Waals surface area contributed by atoms with Gasteiger partial charge in [0.1, 0.15) is 0 Å². The topological polar surface area (TPSA) is 49.7 Å². The largest absolute Gasteiger partial charge is 0.274 e. The fourth-order valence-electron chi connectivity index (χ4n) is 6.57. The molecule has 0 N–H and O–H groups in total. The summed E-state index contributed by atoms with van der Waals surface area (Å²) in [6.07, 6.45) is 1.94. The Balaban J connectivity index is 1.53. The third-order valence-electron chi connectivity index (χ3n) is 7.87. The lowest BCUT2D eigenvalue weighted by molar-refractivity contribution is -0.122. The monoisotopic (exact) mass is 454 g/mol. The van der Waals surface area contributed by atoms with Gasteiger partial charge in [-0.2, -0.15) is 0 Å². The van der Waals surface area contributed by atoms with Crippen LogP contribution in [-0.2, 0) is 15.0 Å². The summed E-state index contributed by atoms with van der Waals surface area (Å²) in [5.41, 5.74) is 4.98. The molecule has 2 bridgehead atoms. The Labute approximate surface area is 203 Å². The number of aliphatic imine (C=N–C) groups is 1. The lowest BCUT2D eigenvalue weighted by atomic mass is 9.47. The second-order valence-electron chi connectivity index (χ2n) is 9.47. The van der Waals surface area contributed by atoms with E-state index in [0.29, 0.717) is 5.69 Å². The Morgan fingerprint density at radius 3 is 1.83 bits per heavy atom. The molecule has 0 aromatic heterocycles. The third-order valence-corrected chi connectivity index (χ3v) is 7.87. The number of para-hydroxylation sites is 2. The minimum Gasteiger partial charge on any atom is -0.274 e. The molecule has 1 fully saturated rings. The van der Waals surface area contributed by atoms with Gasteiger partial charge in [0, 0.05) is 12.1 Å². The molecule has 4 aromatic rings. The molecule has 1 aliphatic heterocycles. The molecule has 8 rings (SSSR count). The third kappa shape index (κ3) is 2.59. The minimum atomic E-state index is -0.835. The van der Waals surface area contributed by atoms with Crippen LogP contribution in [-0.4, -0.2) is 18.0 Å². The van der Waals surface area contributed by atoms with E-state index in [4.69, 9.17) is 4.99 Å². The van der Waals surface area contributed by atoms with E-state index in [1.54, 1.807) is 0 Å². The molecule has 4 aliphatic rings. The zero-order chi connectivity index (χ0) is 23.6. The summed E-state index contributed by atoms with van der Waals surface area (Å²) in [6.45, 7) is 0. The molecule has 4 nitrogen and oxygen atoms in total. The number of imide groups is 1. The Bertz CT molecular complexity index is 1460. The molecule has 0 spiro atoms. The first kappa shape index (κ1) is 20.1. The van der Waals surface area contributed by atoms with E-state index < -0.39 is 17.3 Å². The van der Waals surface area contributed by atoms with Crippen LogP contribution in [0.25, 0.3) is 0 Å². The highest BCUT2D eigenvalue weighted by atomic mass is 16.2. The van der Waals surface area contributed by atoms with Crippen molar-refractivity contribution in [2.75, 3.05) is 4.90 Å². The highest BCUT2D eigenvalue weighted by Crippen LogP contribution is 2.63. The van der Waals surface area contributed by atoms with Gasteiger partial charge in [0.05, 0.1) is 28.6 Å². The molecular formula is C31H22N2O2. The second-order valence-corrected chi connectivity index (χ2v) is 9.47. The Morgan fingerprint density at radius 1 is 0.657 bits per heavy atom. The van der Waals surface area contributed by atoms with E-state index >= 15 is 0 Å². The first-order valence-corrected chi connectivity index (χ1v) is 11.9. The van der Waals surface area contributed by atoms with Crippen molar-refractivity contribution in [2.24, 2.45) is 16.8 Å². The van der Waals surface area contributed by atoms with Gasteiger partial charge in [0.15, 0.2) is 0 Å². The Morgan fingerprint density at radius 2 is 1.20 bits per heavy atom. The van der Waals surface area contributed by atoms with E-state index in [1.807, 2.05) is 91.1 Å². The van der Waals surface area contributed by atoms with Gasteiger partial charge in [-0.1, -0.05) is 84.9 Å². The molecule has 4 heteroatoms.